The minimum absolute atomic E-state index is 0.394. The summed E-state index contributed by atoms with van der Waals surface area (Å²) in [4.78, 5) is 4.86. The minimum Gasteiger partial charge on any atom is -0.328 e. The van der Waals surface area contributed by atoms with Crippen LogP contribution in [0.3, 0.4) is 0 Å². The van der Waals surface area contributed by atoms with Gasteiger partial charge in [0.1, 0.15) is 5.82 Å². The largest absolute Gasteiger partial charge is 0.328 e. The first-order valence-corrected chi connectivity index (χ1v) is 8.35. The number of halogens is 1. The molecule has 3 heteroatoms. The van der Waals surface area contributed by atoms with Crippen molar-refractivity contribution in [2.24, 2.45) is 16.7 Å². The monoisotopic (exact) mass is 304 g/mol. The van der Waals surface area contributed by atoms with Crippen LogP contribution in [0.15, 0.2) is 18.2 Å². The molecule has 1 saturated carbocycles. The van der Waals surface area contributed by atoms with Gasteiger partial charge in [0.25, 0.3) is 0 Å². The maximum Gasteiger partial charge on any atom is 0.111 e. The summed E-state index contributed by atoms with van der Waals surface area (Å²) in [5.41, 5.74) is 4.43. The lowest BCUT2D eigenvalue weighted by atomic mass is 10.0. The zero-order valence-corrected chi connectivity index (χ0v) is 14.5. The fourth-order valence-electron chi connectivity index (χ4n) is 3.79. The highest BCUT2D eigenvalue weighted by molar-refractivity contribution is 6.17. The SMILES string of the molecule is Cc1cccc2c1nc(CCCl)n2CC1C(C)(C)C1(C)C. The molecule has 1 aliphatic rings. The predicted octanol–water partition coefficient (Wildman–Crippen LogP) is 4.81. The second-order valence-electron chi connectivity index (χ2n) is 7.52. The van der Waals surface area contributed by atoms with Gasteiger partial charge in [0.05, 0.1) is 11.0 Å². The molecule has 1 heterocycles. The third-order valence-corrected chi connectivity index (χ3v) is 6.25. The summed E-state index contributed by atoms with van der Waals surface area (Å²) >= 11 is 5.99. The lowest BCUT2D eigenvalue weighted by Crippen LogP contribution is -2.09. The maximum absolute atomic E-state index is 5.99. The summed E-state index contributed by atoms with van der Waals surface area (Å²) in [6.07, 6.45) is 0.837. The smallest absolute Gasteiger partial charge is 0.111 e. The van der Waals surface area contributed by atoms with Crippen LogP contribution in [0, 0.1) is 23.7 Å². The number of benzene rings is 1. The Bertz CT molecular complexity index is 668. The Kier molecular flexibility index (Phi) is 3.36. The van der Waals surface area contributed by atoms with Gasteiger partial charge in [0.15, 0.2) is 0 Å². The van der Waals surface area contributed by atoms with E-state index in [-0.39, 0.29) is 0 Å². The average molecular weight is 305 g/mol. The highest BCUT2D eigenvalue weighted by Gasteiger charge is 2.64. The van der Waals surface area contributed by atoms with E-state index in [0.717, 1.165) is 24.3 Å². The summed E-state index contributed by atoms with van der Waals surface area (Å²) in [5, 5.41) is 0. The van der Waals surface area contributed by atoms with Gasteiger partial charge in [-0.25, -0.2) is 4.98 Å². The van der Waals surface area contributed by atoms with E-state index in [0.29, 0.717) is 22.6 Å². The van der Waals surface area contributed by atoms with E-state index in [1.54, 1.807) is 0 Å². The van der Waals surface area contributed by atoms with Gasteiger partial charge >= 0.3 is 0 Å². The molecule has 0 aliphatic heterocycles. The molecule has 2 nitrogen and oxygen atoms in total. The number of fused-ring (bicyclic) bond motifs is 1. The lowest BCUT2D eigenvalue weighted by Gasteiger charge is -2.10. The van der Waals surface area contributed by atoms with Crippen molar-refractivity contribution < 1.29 is 0 Å². The Morgan fingerprint density at radius 3 is 2.43 bits per heavy atom. The molecule has 2 aromatic rings. The third kappa shape index (κ3) is 2.11. The van der Waals surface area contributed by atoms with Gasteiger partial charge in [-0.3, -0.25) is 0 Å². The molecule has 0 radical (unpaired) electrons. The van der Waals surface area contributed by atoms with Gasteiger partial charge < -0.3 is 4.57 Å². The van der Waals surface area contributed by atoms with Crippen molar-refractivity contribution in [3.8, 4) is 0 Å². The molecule has 1 aliphatic carbocycles. The zero-order valence-electron chi connectivity index (χ0n) is 13.7. The molecule has 0 unspecified atom stereocenters. The molecule has 0 spiro atoms. The van der Waals surface area contributed by atoms with Crippen molar-refractivity contribution in [2.75, 3.05) is 5.88 Å². The van der Waals surface area contributed by atoms with Gasteiger partial charge in [0.2, 0.25) is 0 Å². The normalized spacial score (nSPS) is 20.1. The van der Waals surface area contributed by atoms with Gasteiger partial charge in [-0.1, -0.05) is 39.8 Å². The van der Waals surface area contributed by atoms with Gasteiger partial charge in [-0.15, -0.1) is 11.6 Å². The van der Waals surface area contributed by atoms with E-state index in [4.69, 9.17) is 16.6 Å². The second-order valence-corrected chi connectivity index (χ2v) is 7.89. The number of hydrogen-bond acceptors (Lipinski definition) is 1. The van der Waals surface area contributed by atoms with Crippen molar-refractivity contribution in [1.29, 1.82) is 0 Å². The molecule has 0 amide bonds. The Morgan fingerprint density at radius 1 is 1.19 bits per heavy atom. The molecule has 21 heavy (non-hydrogen) atoms. The highest BCUT2D eigenvalue weighted by Crippen LogP contribution is 2.69. The van der Waals surface area contributed by atoms with Crippen molar-refractivity contribution >= 4 is 22.6 Å². The van der Waals surface area contributed by atoms with Gasteiger partial charge in [-0.2, -0.15) is 0 Å². The molecular weight excluding hydrogens is 280 g/mol. The quantitative estimate of drug-likeness (QED) is 0.741. The van der Waals surface area contributed by atoms with Crippen molar-refractivity contribution in [3.63, 3.8) is 0 Å². The summed E-state index contributed by atoms with van der Waals surface area (Å²) in [5.74, 6) is 2.45. The van der Waals surface area contributed by atoms with E-state index in [1.807, 2.05) is 0 Å². The summed E-state index contributed by atoms with van der Waals surface area (Å²) in [7, 11) is 0. The van der Waals surface area contributed by atoms with Gasteiger partial charge in [-0.05, 0) is 35.3 Å². The molecular formula is C18H25ClN2. The fraction of sp³-hybridized carbons (Fsp3) is 0.611. The van der Waals surface area contributed by atoms with Crippen LogP contribution in [-0.2, 0) is 13.0 Å². The highest BCUT2D eigenvalue weighted by atomic mass is 35.5. The van der Waals surface area contributed by atoms with Crippen LogP contribution in [-0.4, -0.2) is 15.4 Å². The molecule has 1 fully saturated rings. The molecule has 1 aromatic heterocycles. The number of alkyl halides is 1. The Hall–Kier alpha value is -1.02. The van der Waals surface area contributed by atoms with E-state index in [2.05, 4.69) is 57.4 Å². The Morgan fingerprint density at radius 2 is 1.86 bits per heavy atom. The van der Waals surface area contributed by atoms with Crippen molar-refractivity contribution in [2.45, 2.75) is 47.6 Å². The van der Waals surface area contributed by atoms with Crippen molar-refractivity contribution in [3.05, 3.63) is 29.6 Å². The van der Waals surface area contributed by atoms with E-state index in [1.165, 1.54) is 11.1 Å². The van der Waals surface area contributed by atoms with Crippen LogP contribution in [0.5, 0.6) is 0 Å². The molecule has 0 atom stereocenters. The van der Waals surface area contributed by atoms with Crippen LogP contribution in [0.25, 0.3) is 11.0 Å². The van der Waals surface area contributed by atoms with Crippen molar-refractivity contribution in [1.82, 2.24) is 9.55 Å². The Balaban J connectivity index is 2.05. The number of rotatable bonds is 4. The summed E-state index contributed by atoms with van der Waals surface area (Å²) in [6.45, 7) is 12.7. The topological polar surface area (TPSA) is 17.8 Å². The number of aryl methyl sites for hydroxylation is 2. The molecule has 114 valence electrons. The number of aromatic nitrogens is 2. The molecule has 3 rings (SSSR count). The van der Waals surface area contributed by atoms with Crippen LogP contribution < -0.4 is 0 Å². The summed E-state index contributed by atoms with van der Waals surface area (Å²) in [6, 6.07) is 6.45. The van der Waals surface area contributed by atoms with Crippen LogP contribution in [0.4, 0.5) is 0 Å². The maximum atomic E-state index is 5.99. The fourth-order valence-corrected chi connectivity index (χ4v) is 3.96. The van der Waals surface area contributed by atoms with Crippen LogP contribution in [0.2, 0.25) is 0 Å². The molecule has 1 aromatic carbocycles. The average Bonchev–Trinajstić information content (AvgIpc) is 2.71. The number of para-hydroxylation sites is 1. The first-order valence-electron chi connectivity index (χ1n) is 7.81. The minimum atomic E-state index is 0.394. The van der Waals surface area contributed by atoms with E-state index >= 15 is 0 Å². The number of hydrogen-bond donors (Lipinski definition) is 0. The molecule has 0 N–H and O–H groups in total. The first kappa shape index (κ1) is 14.9. The Labute approximate surface area is 132 Å². The summed E-state index contributed by atoms with van der Waals surface area (Å²) < 4.78 is 2.41. The predicted molar refractivity (Wildman–Crippen MR) is 89.9 cm³/mol. The molecule has 0 saturated heterocycles. The number of imidazole rings is 1. The van der Waals surface area contributed by atoms with Crippen LogP contribution >= 0.6 is 11.6 Å². The van der Waals surface area contributed by atoms with E-state index in [9.17, 15) is 0 Å². The lowest BCUT2D eigenvalue weighted by molar-refractivity contribution is 0.457. The zero-order chi connectivity index (χ0) is 15.4. The standard InChI is InChI=1S/C18H25ClN2/c1-12-7-6-8-13-16(12)20-15(9-10-19)21(13)11-14-17(2,3)18(14,4)5/h6-8,14H,9-11H2,1-5H3. The van der Waals surface area contributed by atoms with E-state index < -0.39 is 0 Å². The third-order valence-electron chi connectivity index (χ3n) is 6.06. The number of nitrogens with zero attached hydrogens (tertiary/aromatic N) is 2. The van der Waals surface area contributed by atoms with Gasteiger partial charge in [0, 0.05) is 18.8 Å². The molecule has 0 bridgehead atoms. The van der Waals surface area contributed by atoms with Crippen LogP contribution in [0.1, 0.15) is 39.1 Å². The first-order chi connectivity index (χ1) is 9.80. The second kappa shape index (κ2) is 4.74.